The predicted octanol–water partition coefficient (Wildman–Crippen LogP) is 5.22. The molecule has 1 heterocycles. The number of nitrogens with one attached hydrogen (secondary N) is 2. The molecule has 4 nitrogen and oxygen atoms in total. The molecule has 0 unspecified atom stereocenters. The van der Waals surface area contributed by atoms with Gasteiger partial charge in [-0.25, -0.2) is 4.79 Å². The molecule has 3 aromatic carbocycles. The van der Waals surface area contributed by atoms with E-state index in [9.17, 15) is 4.79 Å². The Morgan fingerprint density at radius 2 is 1.67 bits per heavy atom. The van der Waals surface area contributed by atoms with Crippen molar-refractivity contribution >= 4 is 22.5 Å². The molecule has 0 aliphatic carbocycles. The summed E-state index contributed by atoms with van der Waals surface area (Å²) in [4.78, 5) is 16.4. The molecule has 4 aromatic rings. The highest BCUT2D eigenvalue weighted by Gasteiger charge is 2.05. The van der Waals surface area contributed by atoms with E-state index in [2.05, 4.69) is 33.8 Å². The zero-order chi connectivity index (χ0) is 18.5. The first-order valence-electron chi connectivity index (χ1n) is 8.81. The van der Waals surface area contributed by atoms with Crippen molar-refractivity contribution in [2.45, 2.75) is 6.54 Å². The number of urea groups is 1. The molecule has 132 valence electrons. The maximum absolute atomic E-state index is 12.2. The van der Waals surface area contributed by atoms with Crippen LogP contribution in [0.3, 0.4) is 0 Å². The van der Waals surface area contributed by atoms with Crippen molar-refractivity contribution in [3.8, 4) is 11.1 Å². The van der Waals surface area contributed by atoms with Crippen molar-refractivity contribution in [2.75, 3.05) is 5.32 Å². The first-order valence-corrected chi connectivity index (χ1v) is 8.81. The number of aromatic nitrogens is 1. The lowest BCUT2D eigenvalue weighted by atomic mass is 10.0. The van der Waals surface area contributed by atoms with Gasteiger partial charge in [-0.15, -0.1) is 0 Å². The first-order chi connectivity index (χ1) is 13.3. The maximum Gasteiger partial charge on any atom is 0.319 e. The highest BCUT2D eigenvalue weighted by Crippen LogP contribution is 2.26. The lowest BCUT2D eigenvalue weighted by molar-refractivity contribution is 0.251. The Hall–Kier alpha value is -3.66. The first kappa shape index (κ1) is 16.8. The van der Waals surface area contributed by atoms with Crippen molar-refractivity contribution in [1.29, 1.82) is 0 Å². The van der Waals surface area contributed by atoms with Gasteiger partial charge in [0, 0.05) is 30.0 Å². The van der Waals surface area contributed by atoms with Crippen LogP contribution in [0.5, 0.6) is 0 Å². The van der Waals surface area contributed by atoms with Crippen LogP contribution in [0.2, 0.25) is 0 Å². The van der Waals surface area contributed by atoms with Crippen LogP contribution in [-0.2, 0) is 6.54 Å². The highest BCUT2D eigenvalue weighted by atomic mass is 16.2. The Labute approximate surface area is 157 Å². The molecule has 0 radical (unpaired) electrons. The molecular weight excluding hydrogens is 334 g/mol. The Morgan fingerprint density at radius 3 is 2.56 bits per heavy atom. The van der Waals surface area contributed by atoms with Gasteiger partial charge in [0.25, 0.3) is 0 Å². The highest BCUT2D eigenvalue weighted by molar-refractivity contribution is 5.91. The zero-order valence-corrected chi connectivity index (χ0v) is 14.7. The summed E-state index contributed by atoms with van der Waals surface area (Å²) in [6.07, 6.45) is 3.65. The second-order valence-corrected chi connectivity index (χ2v) is 6.31. The topological polar surface area (TPSA) is 54.0 Å². The predicted molar refractivity (Wildman–Crippen MR) is 109 cm³/mol. The SMILES string of the molecule is O=C(NCc1ccccc1)Nc1cccc(-c2ccc3ccncc3c2)c1. The van der Waals surface area contributed by atoms with E-state index in [-0.39, 0.29) is 6.03 Å². The van der Waals surface area contributed by atoms with Crippen LogP contribution in [0.1, 0.15) is 5.56 Å². The van der Waals surface area contributed by atoms with Gasteiger partial charge >= 0.3 is 6.03 Å². The van der Waals surface area contributed by atoms with E-state index in [1.165, 1.54) is 0 Å². The van der Waals surface area contributed by atoms with Crippen LogP contribution >= 0.6 is 0 Å². The van der Waals surface area contributed by atoms with Crippen molar-refractivity contribution < 1.29 is 4.79 Å². The summed E-state index contributed by atoms with van der Waals surface area (Å²) < 4.78 is 0. The number of anilines is 1. The largest absolute Gasteiger partial charge is 0.334 e. The fourth-order valence-corrected chi connectivity index (χ4v) is 2.99. The number of hydrogen-bond donors (Lipinski definition) is 2. The molecule has 0 atom stereocenters. The van der Waals surface area contributed by atoms with Crippen molar-refractivity contribution in [2.24, 2.45) is 0 Å². The molecule has 0 saturated carbocycles. The molecule has 0 bridgehead atoms. The Bertz CT molecular complexity index is 1080. The summed E-state index contributed by atoms with van der Waals surface area (Å²) in [5.41, 5.74) is 3.95. The summed E-state index contributed by atoms with van der Waals surface area (Å²) in [7, 11) is 0. The van der Waals surface area contributed by atoms with Gasteiger partial charge in [-0.2, -0.15) is 0 Å². The summed E-state index contributed by atoms with van der Waals surface area (Å²) in [5, 5.41) is 8.02. The molecule has 1 aromatic heterocycles. The van der Waals surface area contributed by atoms with E-state index in [0.29, 0.717) is 6.54 Å². The Morgan fingerprint density at radius 1 is 0.815 bits per heavy atom. The fourth-order valence-electron chi connectivity index (χ4n) is 2.99. The summed E-state index contributed by atoms with van der Waals surface area (Å²) >= 11 is 0. The molecule has 0 spiro atoms. The van der Waals surface area contributed by atoms with E-state index >= 15 is 0 Å². The molecule has 27 heavy (non-hydrogen) atoms. The van der Waals surface area contributed by atoms with Crippen LogP contribution < -0.4 is 10.6 Å². The molecule has 4 heteroatoms. The quantitative estimate of drug-likeness (QED) is 0.528. The molecule has 0 aliphatic heterocycles. The fraction of sp³-hybridized carbons (Fsp3) is 0.0435. The standard InChI is InChI=1S/C23H19N3O/c27-23(25-15-17-5-2-1-3-6-17)26-22-8-4-7-19(14-22)20-10-9-18-11-12-24-16-21(18)13-20/h1-14,16H,15H2,(H2,25,26,27). The van der Waals surface area contributed by atoms with E-state index in [1.807, 2.05) is 66.9 Å². The molecule has 0 fully saturated rings. The van der Waals surface area contributed by atoms with Crippen LogP contribution in [0.15, 0.2) is 91.3 Å². The minimum Gasteiger partial charge on any atom is -0.334 e. The number of rotatable bonds is 4. The van der Waals surface area contributed by atoms with Gasteiger partial charge in [-0.3, -0.25) is 4.98 Å². The van der Waals surface area contributed by atoms with Crippen LogP contribution in [0, 0.1) is 0 Å². The minimum absolute atomic E-state index is 0.223. The van der Waals surface area contributed by atoms with Gasteiger partial charge in [0.05, 0.1) is 0 Å². The lowest BCUT2D eigenvalue weighted by Crippen LogP contribution is -2.28. The number of nitrogens with zero attached hydrogens (tertiary/aromatic N) is 1. The molecule has 0 aliphatic rings. The number of amides is 2. The average molecular weight is 353 g/mol. The van der Waals surface area contributed by atoms with Crippen LogP contribution in [-0.4, -0.2) is 11.0 Å². The minimum atomic E-state index is -0.223. The van der Waals surface area contributed by atoms with E-state index < -0.39 is 0 Å². The summed E-state index contributed by atoms with van der Waals surface area (Å²) in [5.74, 6) is 0. The number of fused-ring (bicyclic) bond motifs is 1. The van der Waals surface area contributed by atoms with Gasteiger partial charge in [0.15, 0.2) is 0 Å². The third-order valence-electron chi connectivity index (χ3n) is 4.39. The number of benzene rings is 3. The maximum atomic E-state index is 12.2. The second-order valence-electron chi connectivity index (χ2n) is 6.31. The molecular formula is C23H19N3O. The van der Waals surface area contributed by atoms with E-state index in [1.54, 1.807) is 6.20 Å². The van der Waals surface area contributed by atoms with Gasteiger partial charge in [-0.05, 0) is 46.3 Å². The summed E-state index contributed by atoms with van der Waals surface area (Å²) in [6.45, 7) is 0.490. The van der Waals surface area contributed by atoms with Crippen molar-refractivity contribution in [1.82, 2.24) is 10.3 Å². The molecule has 4 rings (SSSR count). The Balaban J connectivity index is 1.47. The smallest absolute Gasteiger partial charge is 0.319 e. The molecule has 0 saturated heterocycles. The number of carbonyl (C=O) groups excluding carboxylic acids is 1. The van der Waals surface area contributed by atoms with E-state index in [4.69, 9.17) is 0 Å². The second kappa shape index (κ2) is 7.70. The van der Waals surface area contributed by atoms with Gasteiger partial charge in [0.2, 0.25) is 0 Å². The lowest BCUT2D eigenvalue weighted by Gasteiger charge is -2.10. The number of hydrogen-bond acceptors (Lipinski definition) is 2. The van der Waals surface area contributed by atoms with Gasteiger partial charge in [0.1, 0.15) is 0 Å². The average Bonchev–Trinajstić information content (AvgIpc) is 2.73. The third-order valence-corrected chi connectivity index (χ3v) is 4.39. The van der Waals surface area contributed by atoms with Gasteiger partial charge in [-0.1, -0.05) is 54.6 Å². The van der Waals surface area contributed by atoms with Crippen molar-refractivity contribution in [3.63, 3.8) is 0 Å². The van der Waals surface area contributed by atoms with Crippen LogP contribution in [0.4, 0.5) is 10.5 Å². The van der Waals surface area contributed by atoms with Crippen LogP contribution in [0.25, 0.3) is 21.9 Å². The third kappa shape index (κ3) is 4.12. The monoisotopic (exact) mass is 353 g/mol. The molecule has 2 N–H and O–H groups in total. The van der Waals surface area contributed by atoms with Gasteiger partial charge < -0.3 is 10.6 Å². The summed E-state index contributed by atoms with van der Waals surface area (Å²) in [6, 6.07) is 25.7. The Kier molecular flexibility index (Phi) is 4.79. The normalized spacial score (nSPS) is 10.5. The number of pyridine rings is 1. The zero-order valence-electron chi connectivity index (χ0n) is 14.7. The van der Waals surface area contributed by atoms with E-state index in [0.717, 1.165) is 33.2 Å². The van der Waals surface area contributed by atoms with Crippen molar-refractivity contribution in [3.05, 3.63) is 96.8 Å². The number of carbonyl (C=O) groups is 1. The molecule has 2 amide bonds.